The van der Waals surface area contributed by atoms with Gasteiger partial charge in [0.15, 0.2) is 5.78 Å². The largest absolute Gasteiger partial charge is 0.294 e. The van der Waals surface area contributed by atoms with Crippen LogP contribution in [-0.2, 0) is 26.3 Å². The third-order valence-electron chi connectivity index (χ3n) is 3.84. The first kappa shape index (κ1) is 12.2. The number of hydrogen-bond donors (Lipinski definition) is 0. The third kappa shape index (κ3) is 2.33. The lowest BCUT2D eigenvalue weighted by molar-refractivity contribution is 0.0992. The molecule has 98 valence electrons. The Kier molecular flexibility index (Phi) is 2.97. The van der Waals surface area contributed by atoms with Crippen molar-refractivity contribution >= 4 is 5.78 Å². The second-order valence-corrected chi connectivity index (χ2v) is 5.36. The molecule has 1 heterocycles. The van der Waals surface area contributed by atoms with Crippen molar-refractivity contribution in [3.05, 3.63) is 52.3 Å². The lowest BCUT2D eigenvalue weighted by Gasteiger charge is -2.04. The number of aromatic nitrogens is 2. The number of carbonyl (C=O) groups excluding carboxylic acids is 1. The summed E-state index contributed by atoms with van der Waals surface area (Å²) in [6.45, 7) is 1.88. The molecule has 3 nitrogen and oxygen atoms in total. The Labute approximate surface area is 113 Å². The van der Waals surface area contributed by atoms with Crippen molar-refractivity contribution in [1.29, 1.82) is 0 Å². The van der Waals surface area contributed by atoms with Crippen molar-refractivity contribution in [2.24, 2.45) is 7.05 Å². The van der Waals surface area contributed by atoms with Crippen LogP contribution in [0.2, 0.25) is 0 Å². The van der Waals surface area contributed by atoms with E-state index in [0.717, 1.165) is 23.2 Å². The Morgan fingerprint density at radius 3 is 2.84 bits per heavy atom. The molecular weight excluding hydrogens is 236 g/mol. The zero-order chi connectivity index (χ0) is 13.4. The monoisotopic (exact) mass is 254 g/mol. The highest BCUT2D eigenvalue weighted by Gasteiger charge is 2.15. The van der Waals surface area contributed by atoms with Crippen LogP contribution in [0, 0.1) is 6.92 Å². The molecule has 0 spiro atoms. The number of carbonyl (C=O) groups is 1. The maximum atomic E-state index is 12.3. The highest BCUT2D eigenvalue weighted by molar-refractivity contribution is 5.98. The van der Waals surface area contributed by atoms with Crippen molar-refractivity contribution < 1.29 is 4.79 Å². The van der Waals surface area contributed by atoms with Gasteiger partial charge in [0.25, 0.3) is 0 Å². The molecule has 1 aromatic heterocycles. The van der Waals surface area contributed by atoms with Crippen molar-refractivity contribution in [2.45, 2.75) is 32.6 Å². The van der Waals surface area contributed by atoms with Crippen LogP contribution in [0.1, 0.15) is 39.2 Å². The summed E-state index contributed by atoms with van der Waals surface area (Å²) in [5.74, 6) is 0.156. The van der Waals surface area contributed by atoms with Crippen LogP contribution in [0.5, 0.6) is 0 Å². The Bertz CT molecular complexity index is 640. The molecule has 0 unspecified atom stereocenters. The van der Waals surface area contributed by atoms with Crippen LogP contribution < -0.4 is 0 Å². The van der Waals surface area contributed by atoms with E-state index in [4.69, 9.17) is 0 Å². The first-order chi connectivity index (χ1) is 9.13. The van der Waals surface area contributed by atoms with Crippen LogP contribution in [0.15, 0.2) is 24.4 Å². The minimum absolute atomic E-state index is 0.156. The van der Waals surface area contributed by atoms with E-state index in [1.165, 1.54) is 24.0 Å². The van der Waals surface area contributed by atoms with Gasteiger partial charge in [0, 0.05) is 19.7 Å². The highest BCUT2D eigenvalue weighted by atomic mass is 16.1. The fraction of sp³-hybridized carbons (Fsp3) is 0.375. The molecule has 0 fully saturated rings. The zero-order valence-corrected chi connectivity index (χ0v) is 11.4. The Balaban J connectivity index is 1.81. The molecule has 1 aliphatic carbocycles. The summed E-state index contributed by atoms with van der Waals surface area (Å²) in [7, 11) is 1.85. The average molecular weight is 254 g/mol. The summed E-state index contributed by atoms with van der Waals surface area (Å²) in [4.78, 5) is 12.3. The van der Waals surface area contributed by atoms with E-state index in [1.807, 2.05) is 20.2 Å². The molecule has 0 saturated heterocycles. The number of ketones is 1. The molecule has 3 heteroatoms. The molecule has 1 aromatic carbocycles. The van der Waals surface area contributed by atoms with E-state index in [1.54, 1.807) is 4.68 Å². The van der Waals surface area contributed by atoms with Crippen LogP contribution in [0.3, 0.4) is 0 Å². The average Bonchev–Trinajstić information content (AvgIpc) is 2.94. The molecule has 19 heavy (non-hydrogen) atoms. The van der Waals surface area contributed by atoms with Crippen molar-refractivity contribution in [1.82, 2.24) is 9.78 Å². The van der Waals surface area contributed by atoms with Gasteiger partial charge >= 0.3 is 0 Å². The molecule has 0 atom stereocenters. The molecule has 2 aromatic rings. The van der Waals surface area contributed by atoms with E-state index in [-0.39, 0.29) is 5.78 Å². The van der Waals surface area contributed by atoms with Gasteiger partial charge in [-0.15, -0.1) is 0 Å². The van der Waals surface area contributed by atoms with Crippen LogP contribution in [-0.4, -0.2) is 15.6 Å². The zero-order valence-electron chi connectivity index (χ0n) is 11.4. The summed E-state index contributed by atoms with van der Waals surface area (Å²) in [6.07, 6.45) is 5.87. The van der Waals surface area contributed by atoms with Gasteiger partial charge in [-0.2, -0.15) is 5.10 Å². The predicted octanol–water partition coefficient (Wildman–Crippen LogP) is 2.64. The molecule has 0 amide bonds. The van der Waals surface area contributed by atoms with E-state index in [2.05, 4.69) is 23.3 Å². The number of aryl methyl sites for hydroxylation is 4. The van der Waals surface area contributed by atoms with Gasteiger partial charge in [-0.05, 0) is 42.9 Å². The first-order valence-corrected chi connectivity index (χ1v) is 6.77. The van der Waals surface area contributed by atoms with Gasteiger partial charge in [0.05, 0.1) is 11.3 Å². The van der Waals surface area contributed by atoms with Crippen molar-refractivity contribution in [3.63, 3.8) is 0 Å². The van der Waals surface area contributed by atoms with Crippen LogP contribution >= 0.6 is 0 Å². The normalized spacial score (nSPS) is 13.6. The number of benzene rings is 1. The smallest absolute Gasteiger partial charge is 0.170 e. The fourth-order valence-corrected chi connectivity index (χ4v) is 2.89. The topological polar surface area (TPSA) is 34.9 Å². The first-order valence-electron chi connectivity index (χ1n) is 6.77. The molecule has 3 rings (SSSR count). The molecule has 0 aliphatic heterocycles. The second kappa shape index (κ2) is 4.65. The number of rotatable bonds is 3. The lowest BCUT2D eigenvalue weighted by Crippen LogP contribution is -2.04. The quantitative estimate of drug-likeness (QED) is 0.789. The lowest BCUT2D eigenvalue weighted by atomic mass is 10.00. The van der Waals surface area contributed by atoms with Gasteiger partial charge in [-0.3, -0.25) is 9.48 Å². The van der Waals surface area contributed by atoms with Gasteiger partial charge < -0.3 is 0 Å². The van der Waals surface area contributed by atoms with Crippen LogP contribution in [0.4, 0.5) is 0 Å². The van der Waals surface area contributed by atoms with Crippen molar-refractivity contribution in [2.75, 3.05) is 0 Å². The van der Waals surface area contributed by atoms with E-state index in [0.29, 0.717) is 6.42 Å². The van der Waals surface area contributed by atoms with Gasteiger partial charge in [0.1, 0.15) is 0 Å². The predicted molar refractivity (Wildman–Crippen MR) is 74.4 cm³/mol. The maximum Gasteiger partial charge on any atom is 0.170 e. The Morgan fingerprint density at radius 1 is 1.32 bits per heavy atom. The molecule has 0 bridgehead atoms. The third-order valence-corrected chi connectivity index (χ3v) is 3.84. The van der Waals surface area contributed by atoms with Gasteiger partial charge in [0.2, 0.25) is 0 Å². The number of hydrogen-bond acceptors (Lipinski definition) is 2. The fourth-order valence-electron chi connectivity index (χ4n) is 2.89. The summed E-state index contributed by atoms with van der Waals surface area (Å²) in [6, 6.07) is 6.47. The van der Waals surface area contributed by atoms with Gasteiger partial charge in [-0.1, -0.05) is 18.2 Å². The molecule has 0 saturated carbocycles. The van der Waals surface area contributed by atoms with Gasteiger partial charge in [-0.25, -0.2) is 0 Å². The molecule has 0 N–H and O–H groups in total. The molecule has 0 radical (unpaired) electrons. The minimum Gasteiger partial charge on any atom is -0.294 e. The number of Topliss-reactive ketones (excluding diaryl/α,β-unsaturated/α-hetero) is 1. The summed E-state index contributed by atoms with van der Waals surface area (Å²) in [5, 5.41) is 4.23. The standard InChI is InChI=1S/C16H18N2O/c1-11-15(10-18(2)17-11)16(19)9-12-6-7-13-4-3-5-14(13)8-12/h6-8,10H,3-5,9H2,1-2H3. The molecular formula is C16H18N2O. The molecule has 1 aliphatic rings. The van der Waals surface area contributed by atoms with Crippen LogP contribution in [0.25, 0.3) is 0 Å². The van der Waals surface area contributed by atoms with E-state index >= 15 is 0 Å². The summed E-state index contributed by atoms with van der Waals surface area (Å²) >= 11 is 0. The van der Waals surface area contributed by atoms with Crippen molar-refractivity contribution in [3.8, 4) is 0 Å². The summed E-state index contributed by atoms with van der Waals surface area (Å²) in [5.41, 5.74) is 5.55. The highest BCUT2D eigenvalue weighted by Crippen LogP contribution is 2.23. The summed E-state index contributed by atoms with van der Waals surface area (Å²) < 4.78 is 1.70. The second-order valence-electron chi connectivity index (χ2n) is 5.36. The van der Waals surface area contributed by atoms with E-state index < -0.39 is 0 Å². The van der Waals surface area contributed by atoms with E-state index in [9.17, 15) is 4.79 Å². The maximum absolute atomic E-state index is 12.3. The Hall–Kier alpha value is -1.90. The number of nitrogens with zero attached hydrogens (tertiary/aromatic N) is 2. The number of fused-ring (bicyclic) bond motifs is 1. The Morgan fingerprint density at radius 2 is 2.11 bits per heavy atom. The minimum atomic E-state index is 0.156. The SMILES string of the molecule is Cc1nn(C)cc1C(=O)Cc1ccc2c(c1)CCC2.